The van der Waals surface area contributed by atoms with Crippen molar-refractivity contribution in [2.75, 3.05) is 53.4 Å². The molecule has 2 fully saturated rings. The Bertz CT molecular complexity index is 270. The number of carbonyl (C=O) groups excluding carboxylic acids is 1. The second kappa shape index (κ2) is 6.50. The van der Waals surface area contributed by atoms with Gasteiger partial charge in [-0.05, 0) is 40.0 Å². The van der Waals surface area contributed by atoms with Crippen molar-refractivity contribution >= 4 is 5.91 Å². The zero-order valence-corrected chi connectivity index (χ0v) is 11.6. The zero-order valence-electron chi connectivity index (χ0n) is 11.6. The van der Waals surface area contributed by atoms with E-state index in [0.717, 1.165) is 45.3 Å². The first-order valence-corrected chi connectivity index (χ1v) is 7.04. The number of likely N-dealkylation sites (tertiary alicyclic amines) is 1. The Kier molecular flexibility index (Phi) is 4.97. The number of amides is 1. The fraction of sp³-hybridized carbons (Fsp3) is 0.923. The van der Waals surface area contributed by atoms with E-state index in [1.807, 2.05) is 0 Å². The van der Waals surface area contributed by atoms with E-state index in [1.54, 1.807) is 0 Å². The highest BCUT2D eigenvalue weighted by Crippen LogP contribution is 2.13. The monoisotopic (exact) mass is 254 g/mol. The lowest BCUT2D eigenvalue weighted by Gasteiger charge is -2.35. The molecule has 0 bridgehead atoms. The smallest absolute Gasteiger partial charge is 0.225 e. The fourth-order valence-corrected chi connectivity index (χ4v) is 2.61. The third-order valence-corrected chi connectivity index (χ3v) is 4.17. The van der Waals surface area contributed by atoms with Crippen molar-refractivity contribution < 1.29 is 4.79 Å². The fourth-order valence-electron chi connectivity index (χ4n) is 2.61. The lowest BCUT2D eigenvalue weighted by Crippen LogP contribution is -2.52. The largest absolute Gasteiger partial charge is 0.354 e. The molecule has 2 rings (SSSR count). The summed E-state index contributed by atoms with van der Waals surface area (Å²) in [6.07, 6.45) is 2.49. The van der Waals surface area contributed by atoms with Crippen LogP contribution in [0, 0.1) is 5.92 Å². The van der Waals surface area contributed by atoms with Gasteiger partial charge in [-0.2, -0.15) is 0 Å². The van der Waals surface area contributed by atoms with Crippen molar-refractivity contribution in [1.29, 1.82) is 0 Å². The van der Waals surface area contributed by atoms with Crippen molar-refractivity contribution in [3.8, 4) is 0 Å². The van der Waals surface area contributed by atoms with Crippen LogP contribution < -0.4 is 10.6 Å². The maximum Gasteiger partial charge on any atom is 0.225 e. The average Bonchev–Trinajstić information content (AvgIpc) is 2.27. The topological polar surface area (TPSA) is 47.6 Å². The van der Waals surface area contributed by atoms with Gasteiger partial charge in [0, 0.05) is 32.2 Å². The Morgan fingerprint density at radius 2 is 2.00 bits per heavy atom. The van der Waals surface area contributed by atoms with Gasteiger partial charge in [0.25, 0.3) is 0 Å². The van der Waals surface area contributed by atoms with Gasteiger partial charge in [0.15, 0.2) is 0 Å². The van der Waals surface area contributed by atoms with Crippen molar-refractivity contribution in [2.24, 2.45) is 5.92 Å². The van der Waals surface area contributed by atoms with Gasteiger partial charge in [0.05, 0.1) is 5.92 Å². The molecule has 2 aliphatic heterocycles. The molecule has 0 spiro atoms. The average molecular weight is 254 g/mol. The molecule has 0 aromatic rings. The summed E-state index contributed by atoms with van der Waals surface area (Å²) in [4.78, 5) is 16.4. The van der Waals surface area contributed by atoms with E-state index < -0.39 is 0 Å². The van der Waals surface area contributed by atoms with Crippen molar-refractivity contribution in [1.82, 2.24) is 20.4 Å². The van der Waals surface area contributed by atoms with E-state index in [9.17, 15) is 4.79 Å². The van der Waals surface area contributed by atoms with Crippen LogP contribution >= 0.6 is 0 Å². The van der Waals surface area contributed by atoms with Gasteiger partial charge in [-0.3, -0.25) is 4.79 Å². The second-order valence-electron chi connectivity index (χ2n) is 5.68. The molecule has 5 nitrogen and oxygen atoms in total. The summed E-state index contributed by atoms with van der Waals surface area (Å²) in [7, 11) is 4.32. The lowest BCUT2D eigenvalue weighted by atomic mass is 10.0. The van der Waals surface area contributed by atoms with Gasteiger partial charge >= 0.3 is 0 Å². The maximum absolute atomic E-state index is 11.6. The molecule has 18 heavy (non-hydrogen) atoms. The normalized spacial score (nSPS) is 23.1. The summed E-state index contributed by atoms with van der Waals surface area (Å²) in [6.45, 7) is 5.79. The van der Waals surface area contributed by atoms with Crippen LogP contribution in [0.4, 0.5) is 0 Å². The molecule has 2 saturated heterocycles. The minimum atomic E-state index is 0.212. The summed E-state index contributed by atoms with van der Waals surface area (Å²) >= 11 is 0. The molecule has 0 saturated carbocycles. The third-order valence-electron chi connectivity index (χ3n) is 4.17. The molecule has 0 radical (unpaired) electrons. The highest BCUT2D eigenvalue weighted by atomic mass is 16.2. The van der Waals surface area contributed by atoms with Crippen LogP contribution in [0.5, 0.6) is 0 Å². The Morgan fingerprint density at radius 3 is 2.50 bits per heavy atom. The Balaban J connectivity index is 1.56. The molecule has 5 heteroatoms. The van der Waals surface area contributed by atoms with Gasteiger partial charge in [-0.25, -0.2) is 0 Å². The quantitative estimate of drug-likeness (QED) is 0.684. The summed E-state index contributed by atoms with van der Waals surface area (Å²) < 4.78 is 0. The van der Waals surface area contributed by atoms with Gasteiger partial charge in [-0.1, -0.05) is 0 Å². The Morgan fingerprint density at radius 1 is 1.33 bits per heavy atom. The van der Waals surface area contributed by atoms with Crippen LogP contribution in [0.3, 0.4) is 0 Å². The van der Waals surface area contributed by atoms with Crippen LogP contribution in [0.1, 0.15) is 12.8 Å². The van der Waals surface area contributed by atoms with E-state index in [0.29, 0.717) is 0 Å². The van der Waals surface area contributed by atoms with E-state index in [1.165, 1.54) is 12.8 Å². The van der Waals surface area contributed by atoms with Crippen molar-refractivity contribution in [3.05, 3.63) is 0 Å². The molecule has 2 N–H and O–H groups in total. The predicted octanol–water partition coefficient (Wildman–Crippen LogP) is -0.652. The van der Waals surface area contributed by atoms with Crippen LogP contribution in [0.2, 0.25) is 0 Å². The first-order chi connectivity index (χ1) is 8.66. The summed E-state index contributed by atoms with van der Waals surface area (Å²) in [5.74, 6) is 0.432. The van der Waals surface area contributed by atoms with Crippen molar-refractivity contribution in [3.63, 3.8) is 0 Å². The van der Waals surface area contributed by atoms with Gasteiger partial charge in [0.1, 0.15) is 0 Å². The minimum Gasteiger partial charge on any atom is -0.354 e. The molecule has 1 amide bonds. The molecular formula is C13H26N4O. The van der Waals surface area contributed by atoms with E-state index >= 15 is 0 Å². The molecule has 0 aromatic heterocycles. The second-order valence-corrected chi connectivity index (χ2v) is 5.68. The number of rotatable bonds is 5. The predicted molar refractivity (Wildman–Crippen MR) is 72.5 cm³/mol. The molecule has 0 aliphatic carbocycles. The summed E-state index contributed by atoms with van der Waals surface area (Å²) in [5, 5.41) is 6.16. The van der Waals surface area contributed by atoms with Gasteiger partial charge in [-0.15, -0.1) is 0 Å². The molecule has 0 aromatic carbocycles. The minimum absolute atomic E-state index is 0.212. The number of nitrogens with one attached hydrogen (secondary N) is 2. The molecule has 0 atom stereocenters. The number of nitrogens with zero attached hydrogens (tertiary/aromatic N) is 2. The third kappa shape index (κ3) is 3.67. The number of carbonyl (C=O) groups is 1. The Hall–Kier alpha value is -0.650. The first kappa shape index (κ1) is 13.8. The number of piperidine rings is 1. The van der Waals surface area contributed by atoms with Crippen LogP contribution in [-0.2, 0) is 4.79 Å². The summed E-state index contributed by atoms with van der Waals surface area (Å²) in [6, 6.07) is 0.733. The molecule has 0 unspecified atom stereocenters. The zero-order chi connectivity index (χ0) is 13.0. The van der Waals surface area contributed by atoms with Crippen molar-refractivity contribution in [2.45, 2.75) is 18.9 Å². The Labute approximate surface area is 110 Å². The van der Waals surface area contributed by atoms with Gasteiger partial charge < -0.3 is 20.4 Å². The lowest BCUT2D eigenvalue weighted by molar-refractivity contribution is -0.126. The molecular weight excluding hydrogens is 228 g/mol. The van der Waals surface area contributed by atoms with Gasteiger partial charge in [0.2, 0.25) is 5.91 Å². The van der Waals surface area contributed by atoms with Crippen LogP contribution in [0.15, 0.2) is 0 Å². The molecule has 2 aliphatic rings. The summed E-state index contributed by atoms with van der Waals surface area (Å²) in [5.41, 5.74) is 0. The highest BCUT2D eigenvalue weighted by Gasteiger charge is 2.25. The standard InChI is InChI=1S/C13H26N4O/c1-16(2)12-3-6-17(7-4-12)8-5-15-13(18)11-9-14-10-11/h11-12,14H,3-10H2,1-2H3,(H,15,18). The van der Waals surface area contributed by atoms with Crippen LogP contribution in [0.25, 0.3) is 0 Å². The number of hydrogen-bond donors (Lipinski definition) is 2. The molecule has 2 heterocycles. The first-order valence-electron chi connectivity index (χ1n) is 7.04. The van der Waals surface area contributed by atoms with Crippen LogP contribution in [-0.4, -0.2) is 75.1 Å². The van der Waals surface area contributed by atoms with E-state index in [4.69, 9.17) is 0 Å². The maximum atomic E-state index is 11.6. The van der Waals surface area contributed by atoms with E-state index in [2.05, 4.69) is 34.5 Å². The molecule has 104 valence electrons. The van der Waals surface area contributed by atoms with E-state index in [-0.39, 0.29) is 11.8 Å². The number of hydrogen-bond acceptors (Lipinski definition) is 4. The highest BCUT2D eigenvalue weighted by molar-refractivity contribution is 5.79. The SMILES string of the molecule is CN(C)C1CCN(CCNC(=O)C2CNC2)CC1.